The van der Waals surface area contributed by atoms with Crippen LogP contribution in [0.5, 0.6) is 0 Å². The van der Waals surface area contributed by atoms with Gasteiger partial charge in [-0.15, -0.1) is 23.7 Å². The van der Waals surface area contributed by atoms with Crippen LogP contribution in [-0.2, 0) is 0 Å². The molecule has 0 unspecified atom stereocenters. The summed E-state index contributed by atoms with van der Waals surface area (Å²) in [6.07, 6.45) is 2.22. The highest BCUT2D eigenvalue weighted by Gasteiger charge is 2.23. The molecule has 1 aliphatic heterocycles. The number of nitrogens with zero attached hydrogens (tertiary/aromatic N) is 1. The van der Waals surface area contributed by atoms with E-state index in [0.29, 0.717) is 0 Å². The van der Waals surface area contributed by atoms with Crippen LogP contribution in [0, 0.1) is 5.92 Å². The van der Waals surface area contributed by atoms with Crippen LogP contribution in [0.2, 0.25) is 0 Å². The van der Waals surface area contributed by atoms with Crippen molar-refractivity contribution >= 4 is 45.6 Å². The number of thiophene rings is 1. The highest BCUT2D eigenvalue weighted by molar-refractivity contribution is 9.11. The average molecular weight is 354 g/mol. The Hall–Kier alpha value is -0.100. The maximum atomic E-state index is 12.2. The summed E-state index contributed by atoms with van der Waals surface area (Å²) in [5.41, 5.74) is 0. The maximum Gasteiger partial charge on any atom is 0.263 e. The molecule has 3 nitrogen and oxygen atoms in total. The van der Waals surface area contributed by atoms with Crippen molar-refractivity contribution in [2.45, 2.75) is 12.8 Å². The molecular formula is C12H18BrClN2OS. The average Bonchev–Trinajstić information content (AvgIpc) is 2.76. The fourth-order valence-corrected chi connectivity index (χ4v) is 3.57. The summed E-state index contributed by atoms with van der Waals surface area (Å²) in [7, 11) is 1.99. The van der Waals surface area contributed by atoms with Gasteiger partial charge in [0.25, 0.3) is 5.91 Å². The fourth-order valence-electron chi connectivity index (χ4n) is 2.21. The zero-order valence-corrected chi connectivity index (χ0v) is 13.5. The Balaban J connectivity index is 0.00000162. The SMILES string of the molecule is CNCC1CCN(C(=O)c2ccc(Br)s2)CC1.Cl. The first kappa shape index (κ1) is 16.0. The molecule has 0 radical (unpaired) electrons. The van der Waals surface area contributed by atoms with E-state index < -0.39 is 0 Å². The molecule has 1 aromatic heterocycles. The third kappa shape index (κ3) is 3.95. The van der Waals surface area contributed by atoms with Crippen molar-refractivity contribution < 1.29 is 4.79 Å². The van der Waals surface area contributed by atoms with Gasteiger partial charge in [-0.25, -0.2) is 0 Å². The number of carbonyl (C=O) groups is 1. The third-order valence-corrected chi connectivity index (χ3v) is 4.79. The lowest BCUT2D eigenvalue weighted by molar-refractivity contribution is 0.0696. The second kappa shape index (κ2) is 7.48. The standard InChI is InChI=1S/C12H17BrN2OS.ClH/c1-14-8-9-4-6-15(7-5-9)12(16)10-2-3-11(13)17-10;/h2-3,9,14H,4-8H2,1H3;1H. The topological polar surface area (TPSA) is 32.3 Å². The molecule has 0 atom stereocenters. The molecular weight excluding hydrogens is 336 g/mol. The van der Waals surface area contributed by atoms with Gasteiger partial charge in [0.15, 0.2) is 0 Å². The largest absolute Gasteiger partial charge is 0.338 e. The van der Waals surface area contributed by atoms with Crippen molar-refractivity contribution in [1.29, 1.82) is 0 Å². The molecule has 6 heteroatoms. The van der Waals surface area contributed by atoms with Crippen LogP contribution in [0.25, 0.3) is 0 Å². The van der Waals surface area contributed by atoms with Gasteiger partial charge in [-0.2, -0.15) is 0 Å². The van der Waals surface area contributed by atoms with E-state index in [0.717, 1.165) is 47.1 Å². The van der Waals surface area contributed by atoms with Gasteiger partial charge < -0.3 is 10.2 Å². The molecule has 2 heterocycles. The van der Waals surface area contributed by atoms with E-state index in [2.05, 4.69) is 21.2 Å². The van der Waals surface area contributed by atoms with Crippen LogP contribution < -0.4 is 5.32 Å². The van der Waals surface area contributed by atoms with E-state index in [9.17, 15) is 4.79 Å². The van der Waals surface area contributed by atoms with Gasteiger partial charge in [0.1, 0.15) is 0 Å². The van der Waals surface area contributed by atoms with E-state index >= 15 is 0 Å². The zero-order chi connectivity index (χ0) is 12.3. The van der Waals surface area contributed by atoms with E-state index in [1.165, 1.54) is 11.3 Å². The van der Waals surface area contributed by atoms with Crippen molar-refractivity contribution in [1.82, 2.24) is 10.2 Å². The van der Waals surface area contributed by atoms with Crippen molar-refractivity contribution in [3.63, 3.8) is 0 Å². The van der Waals surface area contributed by atoms with E-state index in [-0.39, 0.29) is 18.3 Å². The third-order valence-electron chi connectivity index (χ3n) is 3.18. The van der Waals surface area contributed by atoms with Gasteiger partial charge in [0.2, 0.25) is 0 Å². The molecule has 0 aliphatic carbocycles. The van der Waals surface area contributed by atoms with Crippen molar-refractivity contribution in [3.8, 4) is 0 Å². The fraction of sp³-hybridized carbons (Fsp3) is 0.583. The number of hydrogen-bond acceptors (Lipinski definition) is 3. The minimum Gasteiger partial charge on any atom is -0.338 e. The molecule has 1 aliphatic rings. The molecule has 1 amide bonds. The predicted molar refractivity (Wildman–Crippen MR) is 81.8 cm³/mol. The van der Waals surface area contributed by atoms with E-state index in [1.54, 1.807) is 0 Å². The first-order valence-corrected chi connectivity index (χ1v) is 7.51. The number of rotatable bonds is 3. The lowest BCUT2D eigenvalue weighted by Crippen LogP contribution is -2.40. The Kier molecular flexibility index (Phi) is 6.63. The second-order valence-electron chi connectivity index (χ2n) is 4.40. The number of nitrogens with one attached hydrogen (secondary N) is 1. The number of carbonyl (C=O) groups excluding carboxylic acids is 1. The summed E-state index contributed by atoms with van der Waals surface area (Å²) in [5, 5.41) is 3.21. The predicted octanol–water partition coefficient (Wildman–Crippen LogP) is 3.00. The Labute approximate surface area is 126 Å². The lowest BCUT2D eigenvalue weighted by Gasteiger charge is -2.31. The van der Waals surface area contributed by atoms with Gasteiger partial charge in [0, 0.05) is 13.1 Å². The zero-order valence-electron chi connectivity index (χ0n) is 10.3. The van der Waals surface area contributed by atoms with Crippen molar-refractivity contribution in [2.24, 2.45) is 5.92 Å². The molecule has 0 aromatic carbocycles. The minimum atomic E-state index is 0. The molecule has 1 aromatic rings. The highest BCUT2D eigenvalue weighted by atomic mass is 79.9. The number of hydrogen-bond donors (Lipinski definition) is 1. The van der Waals surface area contributed by atoms with Crippen LogP contribution in [0.3, 0.4) is 0 Å². The van der Waals surface area contributed by atoms with Gasteiger partial charge in [-0.1, -0.05) is 0 Å². The van der Waals surface area contributed by atoms with Crippen LogP contribution >= 0.6 is 39.7 Å². The van der Waals surface area contributed by atoms with Gasteiger partial charge in [-0.05, 0) is 60.4 Å². The number of amides is 1. The van der Waals surface area contributed by atoms with Crippen molar-refractivity contribution in [2.75, 3.05) is 26.7 Å². The minimum absolute atomic E-state index is 0. The van der Waals surface area contributed by atoms with Gasteiger partial charge >= 0.3 is 0 Å². The lowest BCUT2D eigenvalue weighted by atomic mass is 9.97. The summed E-state index contributed by atoms with van der Waals surface area (Å²) in [5.74, 6) is 0.905. The molecule has 1 fully saturated rings. The Bertz CT molecular complexity index is 391. The van der Waals surface area contributed by atoms with E-state index in [4.69, 9.17) is 0 Å². The molecule has 0 bridgehead atoms. The van der Waals surface area contributed by atoms with Gasteiger partial charge in [0.05, 0.1) is 8.66 Å². The number of halogens is 2. The van der Waals surface area contributed by atoms with Crippen molar-refractivity contribution in [3.05, 3.63) is 20.8 Å². The first-order chi connectivity index (χ1) is 8.20. The number of likely N-dealkylation sites (tertiary alicyclic amines) is 1. The van der Waals surface area contributed by atoms with Gasteiger partial charge in [-0.3, -0.25) is 4.79 Å². The first-order valence-electron chi connectivity index (χ1n) is 5.90. The monoisotopic (exact) mass is 352 g/mol. The van der Waals surface area contributed by atoms with Crippen LogP contribution in [0.15, 0.2) is 15.9 Å². The van der Waals surface area contributed by atoms with Crippen LogP contribution in [-0.4, -0.2) is 37.5 Å². The Morgan fingerprint density at radius 3 is 2.67 bits per heavy atom. The molecule has 2 rings (SSSR count). The van der Waals surface area contributed by atoms with Crippen LogP contribution in [0.1, 0.15) is 22.5 Å². The Morgan fingerprint density at radius 1 is 1.50 bits per heavy atom. The normalized spacial score (nSPS) is 16.4. The van der Waals surface area contributed by atoms with E-state index in [1.807, 2.05) is 24.1 Å². The number of piperidine rings is 1. The Morgan fingerprint density at radius 2 is 2.17 bits per heavy atom. The molecule has 0 saturated carbocycles. The molecule has 102 valence electrons. The summed E-state index contributed by atoms with van der Waals surface area (Å²) in [4.78, 5) is 15.0. The maximum absolute atomic E-state index is 12.2. The summed E-state index contributed by atoms with van der Waals surface area (Å²) >= 11 is 4.91. The summed E-state index contributed by atoms with van der Waals surface area (Å²) < 4.78 is 1.02. The molecule has 0 spiro atoms. The molecule has 1 N–H and O–H groups in total. The van der Waals surface area contributed by atoms with Crippen LogP contribution in [0.4, 0.5) is 0 Å². The summed E-state index contributed by atoms with van der Waals surface area (Å²) in [6.45, 7) is 2.84. The second-order valence-corrected chi connectivity index (χ2v) is 6.86. The highest BCUT2D eigenvalue weighted by Crippen LogP contribution is 2.25. The quantitative estimate of drug-likeness (QED) is 0.906. The summed E-state index contributed by atoms with van der Waals surface area (Å²) in [6, 6.07) is 3.84. The molecule has 18 heavy (non-hydrogen) atoms. The molecule has 1 saturated heterocycles. The smallest absolute Gasteiger partial charge is 0.263 e.